The maximum atomic E-state index is 12.3. The van der Waals surface area contributed by atoms with Gasteiger partial charge in [0, 0.05) is 23.1 Å². The third kappa shape index (κ3) is 2.55. The molecule has 1 N–H and O–H groups in total. The maximum absolute atomic E-state index is 12.3. The van der Waals surface area contributed by atoms with Gasteiger partial charge in [0.2, 0.25) is 0 Å². The molecule has 3 heteroatoms. The summed E-state index contributed by atoms with van der Waals surface area (Å²) in [6.45, 7) is 2.57. The summed E-state index contributed by atoms with van der Waals surface area (Å²) < 4.78 is 5.40. The highest BCUT2D eigenvalue weighted by Gasteiger charge is 2.26. The third-order valence-corrected chi connectivity index (χ3v) is 3.59. The monoisotopic (exact) mass is 280 g/mol. The predicted octanol–water partition coefficient (Wildman–Crippen LogP) is 3.61. The summed E-state index contributed by atoms with van der Waals surface area (Å²) >= 11 is 0. The van der Waals surface area contributed by atoms with Gasteiger partial charge < -0.3 is 9.84 Å². The van der Waals surface area contributed by atoms with E-state index in [0.29, 0.717) is 24.2 Å². The molecule has 0 saturated heterocycles. The number of benzene rings is 2. The van der Waals surface area contributed by atoms with Gasteiger partial charge >= 0.3 is 0 Å². The second-order valence-corrected chi connectivity index (χ2v) is 4.98. The first-order valence-electron chi connectivity index (χ1n) is 6.98. The molecular weight excluding hydrogens is 264 g/mol. The second kappa shape index (κ2) is 5.44. The smallest absolute Gasteiger partial charge is 0.189 e. The van der Waals surface area contributed by atoms with Crippen molar-refractivity contribution in [3.8, 4) is 11.5 Å². The molecule has 0 fully saturated rings. The van der Waals surface area contributed by atoms with Crippen molar-refractivity contribution in [3.05, 3.63) is 64.7 Å². The highest BCUT2D eigenvalue weighted by molar-refractivity contribution is 6.16. The zero-order chi connectivity index (χ0) is 14.8. The molecule has 3 nitrogen and oxygen atoms in total. The Hall–Kier alpha value is -2.55. The Morgan fingerprint density at radius 2 is 1.95 bits per heavy atom. The van der Waals surface area contributed by atoms with Crippen molar-refractivity contribution in [3.63, 3.8) is 0 Å². The van der Waals surface area contributed by atoms with E-state index in [9.17, 15) is 9.90 Å². The van der Waals surface area contributed by atoms with E-state index in [1.54, 1.807) is 18.2 Å². The van der Waals surface area contributed by atoms with Gasteiger partial charge in [0.1, 0.15) is 11.5 Å². The Kier molecular flexibility index (Phi) is 3.48. The Labute approximate surface area is 123 Å². The normalized spacial score (nSPS) is 15.3. The average molecular weight is 280 g/mol. The van der Waals surface area contributed by atoms with Crippen LogP contribution in [0.1, 0.15) is 28.4 Å². The number of phenolic OH excluding ortho intramolecular Hbond substituents is 1. The molecule has 0 heterocycles. The summed E-state index contributed by atoms with van der Waals surface area (Å²) in [4.78, 5) is 12.3. The van der Waals surface area contributed by atoms with Crippen molar-refractivity contribution in [1.29, 1.82) is 0 Å². The van der Waals surface area contributed by atoms with Crippen LogP contribution in [-0.2, 0) is 6.42 Å². The summed E-state index contributed by atoms with van der Waals surface area (Å²) in [6.07, 6.45) is 2.35. The van der Waals surface area contributed by atoms with Crippen molar-refractivity contribution in [2.24, 2.45) is 0 Å². The van der Waals surface area contributed by atoms with Crippen LogP contribution in [0.5, 0.6) is 11.5 Å². The molecule has 0 unspecified atom stereocenters. The highest BCUT2D eigenvalue weighted by atomic mass is 16.5. The molecule has 0 aromatic heterocycles. The highest BCUT2D eigenvalue weighted by Crippen LogP contribution is 2.33. The molecule has 0 spiro atoms. The van der Waals surface area contributed by atoms with Crippen molar-refractivity contribution in [2.75, 3.05) is 6.61 Å². The van der Waals surface area contributed by atoms with Gasteiger partial charge in [-0.3, -0.25) is 4.79 Å². The quantitative estimate of drug-likeness (QED) is 0.874. The summed E-state index contributed by atoms with van der Waals surface area (Å²) in [5.74, 6) is 1.00. The molecule has 0 atom stereocenters. The number of Topliss-reactive ketones (excluding diaryl/α,β-unsaturated/α-hetero) is 1. The van der Waals surface area contributed by atoms with E-state index in [-0.39, 0.29) is 11.5 Å². The van der Waals surface area contributed by atoms with Crippen molar-refractivity contribution < 1.29 is 14.6 Å². The Morgan fingerprint density at radius 1 is 1.19 bits per heavy atom. The van der Waals surface area contributed by atoms with E-state index in [0.717, 1.165) is 16.9 Å². The number of ketones is 1. The van der Waals surface area contributed by atoms with E-state index in [1.165, 1.54) is 0 Å². The molecule has 0 aliphatic heterocycles. The van der Waals surface area contributed by atoms with Crippen LogP contribution in [0.25, 0.3) is 6.08 Å². The van der Waals surface area contributed by atoms with Crippen molar-refractivity contribution in [2.45, 2.75) is 13.3 Å². The van der Waals surface area contributed by atoms with Crippen LogP contribution >= 0.6 is 0 Å². The van der Waals surface area contributed by atoms with E-state index >= 15 is 0 Å². The number of hydrogen-bond acceptors (Lipinski definition) is 3. The van der Waals surface area contributed by atoms with Crippen LogP contribution in [-0.4, -0.2) is 17.5 Å². The lowest BCUT2D eigenvalue weighted by Crippen LogP contribution is -1.95. The predicted molar refractivity (Wildman–Crippen MR) is 81.7 cm³/mol. The summed E-state index contributed by atoms with van der Waals surface area (Å²) in [6, 6.07) is 12.7. The van der Waals surface area contributed by atoms with Crippen LogP contribution < -0.4 is 4.74 Å². The Morgan fingerprint density at radius 3 is 2.62 bits per heavy atom. The Bertz CT molecular complexity index is 712. The molecule has 106 valence electrons. The summed E-state index contributed by atoms with van der Waals surface area (Å²) in [5.41, 5.74) is 2.98. The van der Waals surface area contributed by atoms with Crippen LogP contribution in [0.15, 0.2) is 48.0 Å². The number of hydrogen-bond donors (Lipinski definition) is 1. The third-order valence-electron chi connectivity index (χ3n) is 3.59. The Balaban J connectivity index is 1.89. The minimum atomic E-state index is -0.00483. The van der Waals surface area contributed by atoms with Gasteiger partial charge in [0.25, 0.3) is 0 Å². The lowest BCUT2D eigenvalue weighted by molar-refractivity contribution is 0.104. The van der Waals surface area contributed by atoms with Gasteiger partial charge in [-0.2, -0.15) is 0 Å². The minimum absolute atomic E-state index is 0.00483. The number of aromatic hydroxyl groups is 1. The number of allylic oxidation sites excluding steroid dienone is 1. The van der Waals surface area contributed by atoms with E-state index in [4.69, 9.17) is 4.74 Å². The second-order valence-electron chi connectivity index (χ2n) is 4.98. The molecule has 1 aliphatic carbocycles. The largest absolute Gasteiger partial charge is 0.508 e. The molecular formula is C18H16O3. The number of phenols is 1. The fraction of sp³-hybridized carbons (Fsp3) is 0.167. The lowest BCUT2D eigenvalue weighted by atomic mass is 10.1. The molecule has 1 aliphatic rings. The van der Waals surface area contributed by atoms with Crippen molar-refractivity contribution >= 4 is 11.9 Å². The van der Waals surface area contributed by atoms with Crippen molar-refractivity contribution in [1.82, 2.24) is 0 Å². The number of fused-ring (bicyclic) bond motifs is 1. The molecule has 21 heavy (non-hydrogen) atoms. The first-order chi connectivity index (χ1) is 10.2. The van der Waals surface area contributed by atoms with Gasteiger partial charge in [-0.05, 0) is 36.8 Å². The van der Waals surface area contributed by atoms with Gasteiger partial charge in [0.15, 0.2) is 5.78 Å². The zero-order valence-corrected chi connectivity index (χ0v) is 11.8. The topological polar surface area (TPSA) is 46.5 Å². The van der Waals surface area contributed by atoms with Gasteiger partial charge in [0.05, 0.1) is 6.61 Å². The number of carbonyl (C=O) groups excluding carboxylic acids is 1. The first kappa shape index (κ1) is 13.4. The lowest BCUT2D eigenvalue weighted by Gasteiger charge is -2.03. The van der Waals surface area contributed by atoms with E-state index in [1.807, 2.05) is 37.3 Å². The maximum Gasteiger partial charge on any atom is 0.189 e. The zero-order valence-electron chi connectivity index (χ0n) is 11.8. The molecule has 0 radical (unpaired) electrons. The van der Waals surface area contributed by atoms with Crippen LogP contribution in [0.2, 0.25) is 0 Å². The first-order valence-corrected chi connectivity index (χ1v) is 6.98. The number of ether oxygens (including phenoxy) is 1. The summed E-state index contributed by atoms with van der Waals surface area (Å²) in [5, 5.41) is 9.83. The molecule has 2 aromatic rings. The molecule has 0 amide bonds. The van der Waals surface area contributed by atoms with Gasteiger partial charge in [-0.1, -0.05) is 24.3 Å². The number of rotatable bonds is 3. The molecule has 2 aromatic carbocycles. The number of carbonyl (C=O) groups is 1. The fourth-order valence-electron chi connectivity index (χ4n) is 2.56. The van der Waals surface area contributed by atoms with E-state index < -0.39 is 0 Å². The molecule has 3 rings (SSSR count). The van der Waals surface area contributed by atoms with Crippen LogP contribution in [0.4, 0.5) is 0 Å². The van der Waals surface area contributed by atoms with Gasteiger partial charge in [-0.25, -0.2) is 0 Å². The average Bonchev–Trinajstić information content (AvgIpc) is 2.80. The van der Waals surface area contributed by atoms with Gasteiger partial charge in [-0.15, -0.1) is 0 Å². The minimum Gasteiger partial charge on any atom is -0.508 e. The standard InChI is InChI=1S/C18H16O3/c1-2-21-14-8-6-12(7-9-14)10-13-11-16-15(18(13)20)4-3-5-17(16)19/h3-10,19H,2,11H2,1H3/b13-10+. The van der Waals surface area contributed by atoms with Crippen LogP contribution in [0.3, 0.4) is 0 Å². The van der Waals surface area contributed by atoms with Crippen LogP contribution in [0, 0.1) is 0 Å². The fourth-order valence-corrected chi connectivity index (χ4v) is 2.56. The molecule has 0 bridgehead atoms. The molecule has 0 saturated carbocycles. The SMILES string of the molecule is CCOc1ccc(/C=C2\Cc3c(O)cccc3C2=O)cc1. The summed E-state index contributed by atoms with van der Waals surface area (Å²) in [7, 11) is 0. The van der Waals surface area contributed by atoms with E-state index in [2.05, 4.69) is 0 Å².